The van der Waals surface area contributed by atoms with Crippen molar-refractivity contribution in [3.8, 4) is 0 Å². The fraction of sp³-hybridized carbons (Fsp3) is 0.321. The van der Waals surface area contributed by atoms with Gasteiger partial charge in [-0.2, -0.15) is 0 Å². The average molecular weight is 563 g/mol. The van der Waals surface area contributed by atoms with Gasteiger partial charge in [-0.3, -0.25) is 9.78 Å². The van der Waals surface area contributed by atoms with E-state index in [4.69, 9.17) is 27.9 Å². The first-order chi connectivity index (χ1) is 18.1. The summed E-state index contributed by atoms with van der Waals surface area (Å²) < 4.78 is 22.2. The number of aliphatic hydroxyl groups is 1. The van der Waals surface area contributed by atoms with Gasteiger partial charge in [0.05, 0.1) is 35.0 Å². The molecule has 3 aromatic rings. The van der Waals surface area contributed by atoms with E-state index in [1.807, 2.05) is 13.8 Å². The van der Waals surface area contributed by atoms with Crippen molar-refractivity contribution in [3.05, 3.63) is 98.5 Å². The zero-order chi connectivity index (χ0) is 28.1. The summed E-state index contributed by atoms with van der Waals surface area (Å²) in [7, 11) is 0. The van der Waals surface area contributed by atoms with Crippen molar-refractivity contribution >= 4 is 35.6 Å². The number of halogens is 3. The number of ether oxygens (including phenoxy) is 1. The third-order valence-corrected chi connectivity index (χ3v) is 6.61. The van der Waals surface area contributed by atoms with E-state index in [0.29, 0.717) is 40.6 Å². The maximum atomic E-state index is 15.8. The summed E-state index contributed by atoms with van der Waals surface area (Å²) in [5.74, 6) is -2.19. The highest BCUT2D eigenvalue weighted by atomic mass is 35.5. The second kappa shape index (κ2) is 12.2. The second-order valence-corrected chi connectivity index (χ2v) is 9.69. The number of aromatic carboxylic acids is 1. The molecule has 1 heterocycles. The Morgan fingerprint density at radius 2 is 1.79 bits per heavy atom. The Hall–Kier alpha value is -3.04. The molecule has 1 aliphatic rings. The first-order valence-electron chi connectivity index (χ1n) is 12.1. The number of amides is 1. The van der Waals surface area contributed by atoms with E-state index >= 15 is 4.39 Å². The fourth-order valence-corrected chi connectivity index (χ4v) is 4.33. The molecule has 7 nitrogen and oxygen atoms in total. The first kappa shape index (κ1) is 29.5. The largest absolute Gasteiger partial charge is 0.478 e. The third-order valence-electron chi connectivity index (χ3n) is 6.14. The summed E-state index contributed by atoms with van der Waals surface area (Å²) in [6.45, 7) is 5.23. The van der Waals surface area contributed by atoms with Crippen molar-refractivity contribution in [1.82, 2.24) is 9.88 Å². The van der Waals surface area contributed by atoms with Crippen LogP contribution in [0.1, 0.15) is 59.4 Å². The fourth-order valence-electron chi connectivity index (χ4n) is 4.09. The van der Waals surface area contributed by atoms with Gasteiger partial charge in [0, 0.05) is 22.3 Å². The zero-order valence-corrected chi connectivity index (χ0v) is 22.8. The van der Waals surface area contributed by atoms with Crippen molar-refractivity contribution in [2.45, 2.75) is 51.5 Å². The number of carboxylic acid groups (broad SMARTS) is 1. The first-order valence-corrected chi connectivity index (χ1v) is 12.8. The number of carboxylic acids is 1. The lowest BCUT2D eigenvalue weighted by Gasteiger charge is -2.43. The quantitative estimate of drug-likeness (QED) is 0.233. The Morgan fingerprint density at radius 3 is 2.29 bits per heavy atom. The molecule has 202 valence electrons. The number of nitrogens with zero attached hydrogens (tertiary/aromatic N) is 2. The molecule has 1 saturated carbocycles. The average Bonchev–Trinajstić information content (AvgIpc) is 3.64. The third kappa shape index (κ3) is 6.32. The molecular weight excluding hydrogens is 534 g/mol. The maximum absolute atomic E-state index is 15.8. The Bertz CT molecular complexity index is 1260. The van der Waals surface area contributed by atoms with Crippen molar-refractivity contribution in [3.63, 3.8) is 0 Å². The number of aromatic nitrogens is 1. The van der Waals surface area contributed by atoms with Crippen LogP contribution in [0, 0.1) is 12.7 Å². The van der Waals surface area contributed by atoms with Crippen molar-refractivity contribution in [2.75, 3.05) is 6.61 Å². The number of hydrogen-bond acceptors (Lipinski definition) is 5. The Balaban J connectivity index is 0.00000195. The molecule has 38 heavy (non-hydrogen) atoms. The highest BCUT2D eigenvalue weighted by Crippen LogP contribution is 2.44. The van der Waals surface area contributed by atoms with Crippen LogP contribution in [0.25, 0.3) is 0 Å². The second-order valence-electron chi connectivity index (χ2n) is 8.82. The molecule has 4 rings (SSSR count). The molecule has 0 spiro atoms. The van der Waals surface area contributed by atoms with Gasteiger partial charge in [0.2, 0.25) is 6.41 Å². The van der Waals surface area contributed by atoms with Gasteiger partial charge in [-0.05, 0) is 61.7 Å². The van der Waals surface area contributed by atoms with Crippen LogP contribution in [0.3, 0.4) is 0 Å². The van der Waals surface area contributed by atoms with E-state index in [2.05, 4.69) is 4.98 Å². The van der Waals surface area contributed by atoms with Crippen LogP contribution in [0.5, 0.6) is 0 Å². The SMILES string of the molecule is CC.Cc1cc(C(=O)O)cc(F)c1C(OCC1(O)CC1)(c1ccc(Cl)cc1)N(C=O)Cc1ccc(Cl)cn1. The predicted octanol–water partition coefficient (Wildman–Crippen LogP) is 5.96. The summed E-state index contributed by atoms with van der Waals surface area (Å²) >= 11 is 12.1. The van der Waals surface area contributed by atoms with Gasteiger partial charge in [0.1, 0.15) is 5.82 Å². The summed E-state index contributed by atoms with van der Waals surface area (Å²) in [5.41, 5.74) is -2.30. The van der Waals surface area contributed by atoms with E-state index < -0.39 is 23.1 Å². The maximum Gasteiger partial charge on any atom is 0.335 e. The molecule has 0 aliphatic heterocycles. The Kier molecular flexibility index (Phi) is 9.49. The van der Waals surface area contributed by atoms with Crippen LogP contribution < -0.4 is 0 Å². The minimum absolute atomic E-state index is 0.0693. The smallest absolute Gasteiger partial charge is 0.335 e. The number of hydrogen-bond donors (Lipinski definition) is 2. The van der Waals surface area contributed by atoms with Crippen molar-refractivity contribution in [1.29, 1.82) is 0 Å². The molecule has 1 aliphatic carbocycles. The molecule has 0 radical (unpaired) electrons. The zero-order valence-electron chi connectivity index (χ0n) is 21.2. The molecule has 2 aromatic carbocycles. The summed E-state index contributed by atoms with van der Waals surface area (Å²) in [6, 6.07) is 11.8. The van der Waals surface area contributed by atoms with Crippen LogP contribution >= 0.6 is 23.2 Å². The normalized spacial score (nSPS) is 15.0. The van der Waals surface area contributed by atoms with Crippen LogP contribution in [0.15, 0.2) is 54.7 Å². The van der Waals surface area contributed by atoms with Gasteiger partial charge in [-0.15, -0.1) is 0 Å². The summed E-state index contributed by atoms with van der Waals surface area (Å²) in [4.78, 5) is 29.7. The molecule has 1 unspecified atom stereocenters. The van der Waals surface area contributed by atoms with E-state index in [1.165, 1.54) is 24.1 Å². The molecule has 10 heteroatoms. The van der Waals surface area contributed by atoms with Crippen molar-refractivity contribution < 1.29 is 28.9 Å². The highest BCUT2D eigenvalue weighted by molar-refractivity contribution is 6.30. The van der Waals surface area contributed by atoms with E-state index in [1.54, 1.807) is 36.4 Å². The predicted molar refractivity (Wildman–Crippen MR) is 143 cm³/mol. The minimum atomic E-state index is -1.89. The van der Waals surface area contributed by atoms with Gasteiger partial charge in [-0.1, -0.05) is 49.2 Å². The van der Waals surface area contributed by atoms with E-state index in [0.717, 1.165) is 6.07 Å². The van der Waals surface area contributed by atoms with Gasteiger partial charge >= 0.3 is 5.97 Å². The lowest BCUT2D eigenvalue weighted by Crippen LogP contribution is -2.50. The monoisotopic (exact) mass is 562 g/mol. The highest BCUT2D eigenvalue weighted by Gasteiger charge is 2.49. The molecular formula is C28H29Cl2FN2O5. The van der Waals surface area contributed by atoms with Crippen LogP contribution in [-0.4, -0.2) is 44.7 Å². The van der Waals surface area contributed by atoms with Gasteiger partial charge < -0.3 is 19.8 Å². The lowest BCUT2D eigenvalue weighted by atomic mass is 9.87. The molecule has 1 atom stereocenters. The van der Waals surface area contributed by atoms with Crippen molar-refractivity contribution in [2.24, 2.45) is 0 Å². The lowest BCUT2D eigenvalue weighted by molar-refractivity contribution is -0.170. The number of pyridine rings is 1. The number of carbonyl (C=O) groups is 2. The molecule has 1 amide bonds. The topological polar surface area (TPSA) is 100.0 Å². The molecule has 1 aromatic heterocycles. The van der Waals surface area contributed by atoms with E-state index in [9.17, 15) is 19.8 Å². The Labute approximate surface area is 230 Å². The molecule has 0 bridgehead atoms. The Morgan fingerprint density at radius 1 is 1.16 bits per heavy atom. The summed E-state index contributed by atoms with van der Waals surface area (Å²) in [5, 5.41) is 20.9. The van der Waals surface area contributed by atoms with Gasteiger partial charge in [0.25, 0.3) is 0 Å². The summed E-state index contributed by atoms with van der Waals surface area (Å²) in [6.07, 6.45) is 2.91. The van der Waals surface area contributed by atoms with E-state index in [-0.39, 0.29) is 29.8 Å². The number of carbonyl (C=O) groups excluding carboxylic acids is 1. The van der Waals surface area contributed by atoms with Crippen LogP contribution in [0.2, 0.25) is 10.0 Å². The number of benzene rings is 2. The number of aryl methyl sites for hydroxylation is 1. The van der Waals surface area contributed by atoms with Gasteiger partial charge in [-0.25, -0.2) is 9.18 Å². The van der Waals surface area contributed by atoms with Gasteiger partial charge in [0.15, 0.2) is 5.72 Å². The van der Waals surface area contributed by atoms with Crippen LogP contribution in [0.4, 0.5) is 4.39 Å². The minimum Gasteiger partial charge on any atom is -0.478 e. The molecule has 0 saturated heterocycles. The molecule has 1 fully saturated rings. The van der Waals surface area contributed by atoms with Crippen LogP contribution in [-0.2, 0) is 21.8 Å². The standard InChI is InChI=1S/C26H23Cl2FN2O5.C2H6/c1-16-10-17(24(33)34)11-22(29)23(16)26(36-14-25(35)8-9-25,18-2-4-19(27)5-3-18)31(15-32)13-21-7-6-20(28)12-30-21;1-2/h2-7,10-12,15,35H,8-9,13-14H2,1H3,(H,33,34);1-2H3. The number of rotatable bonds is 10. The molecule has 2 N–H and O–H groups in total.